The average Bonchev–Trinajstić information content (AvgIpc) is 3.13. The Kier molecular flexibility index (Phi) is 5.82. The van der Waals surface area contributed by atoms with E-state index in [2.05, 4.69) is 10.0 Å². The molecule has 2 N–H and O–H groups in total. The molecule has 1 amide bonds. The topological polar surface area (TPSA) is 84.5 Å². The summed E-state index contributed by atoms with van der Waals surface area (Å²) in [6.45, 7) is 5.57. The predicted molar refractivity (Wildman–Crippen MR) is 104 cm³/mol. The second-order valence-corrected chi connectivity index (χ2v) is 8.57. The van der Waals surface area contributed by atoms with Gasteiger partial charge < -0.3 is 10.1 Å². The summed E-state index contributed by atoms with van der Waals surface area (Å²) in [7, 11) is -3.78. The first-order valence-electron chi connectivity index (χ1n) is 8.91. The van der Waals surface area contributed by atoms with Crippen LogP contribution in [0.2, 0.25) is 0 Å². The summed E-state index contributed by atoms with van der Waals surface area (Å²) in [5.41, 5.74) is 2.53. The maximum absolute atomic E-state index is 12.7. The highest BCUT2D eigenvalue weighted by Gasteiger charge is 2.20. The number of benzene rings is 2. The molecule has 1 aliphatic rings. The minimum Gasteiger partial charge on any atom is -0.381 e. The third kappa shape index (κ3) is 4.87. The Morgan fingerprint density at radius 2 is 2.00 bits per heavy atom. The van der Waals surface area contributed by atoms with E-state index in [1.165, 1.54) is 12.1 Å². The third-order valence-electron chi connectivity index (χ3n) is 4.61. The lowest BCUT2D eigenvalue weighted by Crippen LogP contribution is -2.30. The Bertz CT molecular complexity index is 935. The van der Waals surface area contributed by atoms with Crippen LogP contribution in [0.1, 0.15) is 27.9 Å². The zero-order valence-corrected chi connectivity index (χ0v) is 16.3. The van der Waals surface area contributed by atoms with Gasteiger partial charge >= 0.3 is 0 Å². The van der Waals surface area contributed by atoms with Gasteiger partial charge in [0.05, 0.1) is 11.5 Å². The van der Waals surface area contributed by atoms with E-state index in [1.807, 2.05) is 13.0 Å². The number of hydrogen-bond acceptors (Lipinski definition) is 4. The Balaban J connectivity index is 1.77. The van der Waals surface area contributed by atoms with Crippen molar-refractivity contribution in [3.05, 3.63) is 59.2 Å². The van der Waals surface area contributed by atoms with Gasteiger partial charge in [-0.05, 0) is 55.7 Å². The van der Waals surface area contributed by atoms with Gasteiger partial charge in [0.25, 0.3) is 15.9 Å². The first kappa shape index (κ1) is 19.4. The number of anilines is 1. The molecule has 2 aromatic rings. The molecule has 0 aromatic heterocycles. The predicted octanol–water partition coefficient (Wildman–Crippen LogP) is 2.87. The van der Waals surface area contributed by atoms with Crippen LogP contribution in [-0.2, 0) is 14.8 Å². The van der Waals surface area contributed by atoms with E-state index in [-0.39, 0.29) is 10.8 Å². The first-order valence-corrected chi connectivity index (χ1v) is 10.4. The number of aryl methyl sites for hydroxylation is 2. The molecule has 0 spiro atoms. The fraction of sp³-hybridized carbons (Fsp3) is 0.350. The molecule has 0 saturated carbocycles. The molecule has 0 bridgehead atoms. The molecule has 27 heavy (non-hydrogen) atoms. The minimum absolute atomic E-state index is 0.0592. The molecular formula is C20H24N2O4S. The molecule has 1 unspecified atom stereocenters. The number of amides is 1. The standard InChI is InChI=1S/C20H24N2O4S/c1-14-4-3-5-17(10-14)22-27(24,25)18-7-6-15(2)19(11-18)20(23)21-12-16-8-9-26-13-16/h3-7,10-11,16,22H,8-9,12-13H2,1-2H3,(H,21,23). The van der Waals surface area contributed by atoms with Crippen molar-refractivity contribution in [1.29, 1.82) is 0 Å². The van der Waals surface area contributed by atoms with Crippen LogP contribution in [0.5, 0.6) is 0 Å². The molecule has 0 radical (unpaired) electrons. The number of carbonyl (C=O) groups is 1. The Labute approximate surface area is 160 Å². The quantitative estimate of drug-likeness (QED) is 0.797. The van der Waals surface area contributed by atoms with Crippen LogP contribution in [0.3, 0.4) is 0 Å². The molecule has 0 aliphatic carbocycles. The highest BCUT2D eigenvalue weighted by Crippen LogP contribution is 2.20. The van der Waals surface area contributed by atoms with E-state index in [9.17, 15) is 13.2 Å². The number of carbonyl (C=O) groups excluding carboxylic acids is 1. The fourth-order valence-electron chi connectivity index (χ4n) is 3.01. The highest BCUT2D eigenvalue weighted by atomic mass is 32.2. The molecule has 1 aliphatic heterocycles. The molecular weight excluding hydrogens is 364 g/mol. The van der Waals surface area contributed by atoms with Crippen molar-refractivity contribution in [2.24, 2.45) is 5.92 Å². The first-order chi connectivity index (χ1) is 12.8. The van der Waals surface area contributed by atoms with Gasteiger partial charge in [0, 0.05) is 30.3 Å². The molecule has 144 valence electrons. The zero-order chi connectivity index (χ0) is 19.4. The lowest BCUT2D eigenvalue weighted by molar-refractivity contribution is 0.0944. The Morgan fingerprint density at radius 3 is 2.70 bits per heavy atom. The van der Waals surface area contributed by atoms with Crippen LogP contribution in [0, 0.1) is 19.8 Å². The second-order valence-electron chi connectivity index (χ2n) is 6.89. The van der Waals surface area contributed by atoms with E-state index in [4.69, 9.17) is 4.74 Å². The van der Waals surface area contributed by atoms with Gasteiger partial charge in [-0.3, -0.25) is 9.52 Å². The average molecular weight is 388 g/mol. The number of rotatable bonds is 6. The summed E-state index contributed by atoms with van der Waals surface area (Å²) in [6.07, 6.45) is 0.925. The van der Waals surface area contributed by atoms with Gasteiger partial charge in [0.15, 0.2) is 0 Å². The summed E-state index contributed by atoms with van der Waals surface area (Å²) >= 11 is 0. The van der Waals surface area contributed by atoms with Gasteiger partial charge in [0.1, 0.15) is 0 Å². The Morgan fingerprint density at radius 1 is 1.19 bits per heavy atom. The van der Waals surface area contributed by atoms with Crippen molar-refractivity contribution in [2.45, 2.75) is 25.2 Å². The molecule has 2 aromatic carbocycles. The number of sulfonamides is 1. The summed E-state index contributed by atoms with van der Waals surface area (Å²) in [5, 5.41) is 2.88. The largest absolute Gasteiger partial charge is 0.381 e. The molecule has 3 rings (SSSR count). The molecule has 1 heterocycles. The van der Waals surface area contributed by atoms with Crippen molar-refractivity contribution < 1.29 is 17.9 Å². The smallest absolute Gasteiger partial charge is 0.261 e. The SMILES string of the molecule is Cc1cccc(NS(=O)(=O)c2ccc(C)c(C(=O)NCC3CCOC3)c2)c1. The van der Waals surface area contributed by atoms with Crippen LogP contribution in [0.25, 0.3) is 0 Å². The lowest BCUT2D eigenvalue weighted by atomic mass is 10.1. The summed E-state index contributed by atoms with van der Waals surface area (Å²) in [6, 6.07) is 11.7. The van der Waals surface area contributed by atoms with Crippen molar-refractivity contribution in [3.8, 4) is 0 Å². The summed E-state index contributed by atoms with van der Waals surface area (Å²) in [5.74, 6) is 0.0381. The molecule has 1 saturated heterocycles. The van der Waals surface area contributed by atoms with E-state index in [0.717, 1.165) is 24.2 Å². The summed E-state index contributed by atoms with van der Waals surface area (Å²) < 4.78 is 33.3. The maximum atomic E-state index is 12.7. The van der Waals surface area contributed by atoms with Crippen molar-refractivity contribution in [2.75, 3.05) is 24.5 Å². The monoisotopic (exact) mass is 388 g/mol. The molecule has 1 atom stereocenters. The van der Waals surface area contributed by atoms with Crippen LogP contribution in [-0.4, -0.2) is 34.1 Å². The van der Waals surface area contributed by atoms with Crippen molar-refractivity contribution >= 4 is 21.6 Å². The van der Waals surface area contributed by atoms with Crippen molar-refractivity contribution in [1.82, 2.24) is 5.32 Å². The van der Waals surface area contributed by atoms with Gasteiger partial charge in [-0.15, -0.1) is 0 Å². The van der Waals surface area contributed by atoms with E-state index < -0.39 is 10.0 Å². The Hall–Kier alpha value is -2.38. The lowest BCUT2D eigenvalue weighted by Gasteiger charge is -2.13. The number of ether oxygens (including phenoxy) is 1. The van der Waals surface area contributed by atoms with Crippen LogP contribution < -0.4 is 10.0 Å². The van der Waals surface area contributed by atoms with E-state index >= 15 is 0 Å². The zero-order valence-electron chi connectivity index (χ0n) is 15.5. The van der Waals surface area contributed by atoms with Crippen LogP contribution in [0.15, 0.2) is 47.4 Å². The summed E-state index contributed by atoms with van der Waals surface area (Å²) in [4.78, 5) is 12.6. The fourth-order valence-corrected chi connectivity index (χ4v) is 4.09. The van der Waals surface area contributed by atoms with Gasteiger partial charge in [-0.25, -0.2) is 8.42 Å². The number of hydrogen-bond donors (Lipinski definition) is 2. The molecule has 6 nitrogen and oxygen atoms in total. The highest BCUT2D eigenvalue weighted by molar-refractivity contribution is 7.92. The number of nitrogens with one attached hydrogen (secondary N) is 2. The van der Waals surface area contributed by atoms with E-state index in [1.54, 1.807) is 31.2 Å². The van der Waals surface area contributed by atoms with Crippen molar-refractivity contribution in [3.63, 3.8) is 0 Å². The van der Waals surface area contributed by atoms with Crippen LogP contribution in [0.4, 0.5) is 5.69 Å². The van der Waals surface area contributed by atoms with Gasteiger partial charge in [-0.2, -0.15) is 0 Å². The van der Waals surface area contributed by atoms with Gasteiger partial charge in [0.2, 0.25) is 0 Å². The van der Waals surface area contributed by atoms with Gasteiger partial charge in [-0.1, -0.05) is 18.2 Å². The normalized spacial score (nSPS) is 16.9. The molecule has 7 heteroatoms. The second kappa shape index (κ2) is 8.10. The van der Waals surface area contributed by atoms with Crippen LogP contribution >= 0.6 is 0 Å². The third-order valence-corrected chi connectivity index (χ3v) is 5.99. The molecule has 1 fully saturated rings. The maximum Gasteiger partial charge on any atom is 0.261 e. The minimum atomic E-state index is -3.78. The van der Waals surface area contributed by atoms with E-state index in [0.29, 0.717) is 30.3 Å².